The number of benzene rings is 1. The van der Waals surface area contributed by atoms with Gasteiger partial charge in [0.25, 0.3) is 0 Å². The second kappa shape index (κ2) is 6.46. The Hall–Kier alpha value is -1.26. The van der Waals surface area contributed by atoms with Crippen LogP contribution in [0.1, 0.15) is 37.7 Å². The van der Waals surface area contributed by atoms with Gasteiger partial charge < -0.3 is 19.9 Å². The monoisotopic (exact) mass is 277 g/mol. The summed E-state index contributed by atoms with van der Waals surface area (Å²) in [5, 5.41) is 13.3. The zero-order valence-corrected chi connectivity index (χ0v) is 11.8. The molecule has 4 nitrogen and oxygen atoms in total. The average Bonchev–Trinajstić information content (AvgIpc) is 2.71. The summed E-state index contributed by atoms with van der Waals surface area (Å²) in [7, 11) is 0. The van der Waals surface area contributed by atoms with Crippen LogP contribution < -0.4 is 14.8 Å². The molecule has 110 valence electrons. The molecule has 0 spiro atoms. The molecule has 2 unspecified atom stereocenters. The van der Waals surface area contributed by atoms with E-state index in [1.54, 1.807) is 0 Å². The lowest BCUT2D eigenvalue weighted by Crippen LogP contribution is -2.35. The smallest absolute Gasteiger partial charge is 0.165 e. The average molecular weight is 277 g/mol. The lowest BCUT2D eigenvalue weighted by atomic mass is 9.93. The Morgan fingerprint density at radius 1 is 1.15 bits per heavy atom. The highest BCUT2D eigenvalue weighted by Gasteiger charge is 2.20. The van der Waals surface area contributed by atoms with Crippen LogP contribution >= 0.6 is 0 Å². The molecule has 1 fully saturated rings. The number of ether oxygens (including phenoxy) is 2. The Balaban J connectivity index is 1.65. The SMILES string of the molecule is OC1CCCC(NCc2cccc3c2OCCCO3)C1. The largest absolute Gasteiger partial charge is 0.490 e. The fourth-order valence-electron chi connectivity index (χ4n) is 3.00. The van der Waals surface area contributed by atoms with Crippen molar-refractivity contribution in [2.45, 2.75) is 50.8 Å². The number of fused-ring (bicyclic) bond motifs is 1. The molecule has 1 aliphatic carbocycles. The molecule has 0 amide bonds. The maximum absolute atomic E-state index is 9.72. The fraction of sp³-hybridized carbons (Fsp3) is 0.625. The van der Waals surface area contributed by atoms with Gasteiger partial charge in [-0.25, -0.2) is 0 Å². The molecule has 0 saturated heterocycles. The zero-order valence-electron chi connectivity index (χ0n) is 11.8. The minimum Gasteiger partial charge on any atom is -0.490 e. The Morgan fingerprint density at radius 3 is 2.95 bits per heavy atom. The van der Waals surface area contributed by atoms with E-state index in [0.717, 1.165) is 62.3 Å². The number of aliphatic hydroxyl groups excluding tert-OH is 1. The molecular formula is C16H23NO3. The first-order chi connectivity index (χ1) is 9.83. The molecule has 4 heteroatoms. The minimum atomic E-state index is -0.145. The molecule has 2 N–H and O–H groups in total. The van der Waals surface area contributed by atoms with Gasteiger partial charge in [0.1, 0.15) is 0 Å². The predicted molar refractivity (Wildman–Crippen MR) is 77.2 cm³/mol. The van der Waals surface area contributed by atoms with Crippen molar-refractivity contribution in [1.82, 2.24) is 5.32 Å². The first-order valence-corrected chi connectivity index (χ1v) is 7.62. The van der Waals surface area contributed by atoms with E-state index in [1.807, 2.05) is 12.1 Å². The predicted octanol–water partition coefficient (Wildman–Crippen LogP) is 2.24. The third kappa shape index (κ3) is 3.25. The third-order valence-corrected chi connectivity index (χ3v) is 4.08. The number of rotatable bonds is 3. The van der Waals surface area contributed by atoms with Gasteiger partial charge in [-0.3, -0.25) is 0 Å². The number of aliphatic hydroxyl groups is 1. The second-order valence-corrected chi connectivity index (χ2v) is 5.69. The molecule has 1 saturated carbocycles. The first-order valence-electron chi connectivity index (χ1n) is 7.62. The Bertz CT molecular complexity index is 449. The van der Waals surface area contributed by atoms with Crippen molar-refractivity contribution in [1.29, 1.82) is 0 Å². The highest BCUT2D eigenvalue weighted by atomic mass is 16.5. The van der Waals surface area contributed by atoms with Gasteiger partial charge in [-0.1, -0.05) is 12.1 Å². The van der Waals surface area contributed by atoms with E-state index < -0.39 is 0 Å². The van der Waals surface area contributed by atoms with Crippen LogP contribution in [0.25, 0.3) is 0 Å². The van der Waals surface area contributed by atoms with Crippen LogP contribution in [0.15, 0.2) is 18.2 Å². The lowest BCUT2D eigenvalue weighted by Gasteiger charge is -2.27. The van der Waals surface area contributed by atoms with E-state index in [2.05, 4.69) is 11.4 Å². The van der Waals surface area contributed by atoms with Crippen molar-refractivity contribution in [2.24, 2.45) is 0 Å². The van der Waals surface area contributed by atoms with E-state index >= 15 is 0 Å². The summed E-state index contributed by atoms with van der Waals surface area (Å²) in [6, 6.07) is 6.47. The molecule has 0 bridgehead atoms. The molecule has 0 radical (unpaired) electrons. The molecule has 3 rings (SSSR count). The third-order valence-electron chi connectivity index (χ3n) is 4.08. The first kappa shape index (κ1) is 13.7. The molecule has 20 heavy (non-hydrogen) atoms. The molecule has 1 aromatic carbocycles. The zero-order chi connectivity index (χ0) is 13.8. The van der Waals surface area contributed by atoms with Crippen molar-refractivity contribution in [2.75, 3.05) is 13.2 Å². The van der Waals surface area contributed by atoms with E-state index in [0.29, 0.717) is 12.6 Å². The van der Waals surface area contributed by atoms with Crippen LogP contribution in [0.2, 0.25) is 0 Å². The molecule has 0 aromatic heterocycles. The summed E-state index contributed by atoms with van der Waals surface area (Å²) >= 11 is 0. The van der Waals surface area contributed by atoms with E-state index in [4.69, 9.17) is 9.47 Å². The van der Waals surface area contributed by atoms with Crippen LogP contribution in [0, 0.1) is 0 Å². The van der Waals surface area contributed by atoms with Gasteiger partial charge in [0.05, 0.1) is 19.3 Å². The fourth-order valence-corrected chi connectivity index (χ4v) is 3.00. The van der Waals surface area contributed by atoms with Gasteiger partial charge in [-0.05, 0) is 31.7 Å². The van der Waals surface area contributed by atoms with Crippen molar-refractivity contribution < 1.29 is 14.6 Å². The molecule has 1 aromatic rings. The van der Waals surface area contributed by atoms with E-state index in [-0.39, 0.29) is 6.10 Å². The van der Waals surface area contributed by atoms with Gasteiger partial charge in [-0.2, -0.15) is 0 Å². The summed E-state index contributed by atoms with van der Waals surface area (Å²) in [5.41, 5.74) is 1.14. The number of hydrogen-bond donors (Lipinski definition) is 2. The lowest BCUT2D eigenvalue weighted by molar-refractivity contribution is 0.111. The van der Waals surface area contributed by atoms with Gasteiger partial charge in [-0.15, -0.1) is 0 Å². The summed E-state index contributed by atoms with van der Waals surface area (Å²) in [4.78, 5) is 0. The summed E-state index contributed by atoms with van der Waals surface area (Å²) in [6.07, 6.45) is 4.82. The van der Waals surface area contributed by atoms with Crippen molar-refractivity contribution in [3.63, 3.8) is 0 Å². The van der Waals surface area contributed by atoms with Crippen molar-refractivity contribution in [3.05, 3.63) is 23.8 Å². The van der Waals surface area contributed by atoms with E-state index in [1.165, 1.54) is 0 Å². The van der Waals surface area contributed by atoms with Crippen molar-refractivity contribution >= 4 is 0 Å². The molecular weight excluding hydrogens is 254 g/mol. The van der Waals surface area contributed by atoms with E-state index in [9.17, 15) is 5.11 Å². The number of hydrogen-bond acceptors (Lipinski definition) is 4. The normalized spacial score (nSPS) is 26.1. The van der Waals surface area contributed by atoms with Gasteiger partial charge in [0.2, 0.25) is 0 Å². The maximum Gasteiger partial charge on any atom is 0.165 e. The molecule has 1 aliphatic heterocycles. The topological polar surface area (TPSA) is 50.7 Å². The summed E-state index contributed by atoms with van der Waals surface area (Å²) < 4.78 is 11.5. The van der Waals surface area contributed by atoms with Crippen LogP contribution in [0.3, 0.4) is 0 Å². The minimum absolute atomic E-state index is 0.145. The Kier molecular flexibility index (Phi) is 4.43. The Labute approximate surface area is 120 Å². The molecule has 1 heterocycles. The molecule has 2 aliphatic rings. The van der Waals surface area contributed by atoms with Crippen LogP contribution in [-0.2, 0) is 6.54 Å². The van der Waals surface area contributed by atoms with Gasteiger partial charge in [0, 0.05) is 24.6 Å². The van der Waals surface area contributed by atoms with Gasteiger partial charge >= 0.3 is 0 Å². The van der Waals surface area contributed by atoms with Gasteiger partial charge in [0.15, 0.2) is 11.5 Å². The standard InChI is InChI=1S/C16H23NO3/c18-14-6-2-5-13(10-14)17-11-12-4-1-7-15-16(12)20-9-3-8-19-15/h1,4,7,13-14,17-18H,2-3,5-6,8-11H2. The summed E-state index contributed by atoms with van der Waals surface area (Å²) in [6.45, 7) is 2.20. The van der Waals surface area contributed by atoms with Crippen LogP contribution in [0.5, 0.6) is 11.5 Å². The van der Waals surface area contributed by atoms with Crippen molar-refractivity contribution in [3.8, 4) is 11.5 Å². The number of para-hydroxylation sites is 1. The maximum atomic E-state index is 9.72. The van der Waals surface area contributed by atoms with Crippen LogP contribution in [-0.4, -0.2) is 30.5 Å². The molecule has 2 atom stereocenters. The second-order valence-electron chi connectivity index (χ2n) is 5.69. The Morgan fingerprint density at radius 2 is 2.05 bits per heavy atom. The quantitative estimate of drug-likeness (QED) is 0.889. The highest BCUT2D eigenvalue weighted by molar-refractivity contribution is 5.47. The highest BCUT2D eigenvalue weighted by Crippen LogP contribution is 2.33. The number of nitrogens with one attached hydrogen (secondary N) is 1. The van der Waals surface area contributed by atoms with Crippen LogP contribution in [0.4, 0.5) is 0 Å². The summed E-state index contributed by atoms with van der Waals surface area (Å²) in [5.74, 6) is 1.74.